The number of hydrogen-bond donors (Lipinski definition) is 0. The third kappa shape index (κ3) is 2.90. The fraction of sp³-hybridized carbons (Fsp3) is 0.200. The Hall–Kier alpha value is -1.84. The number of hydrogen-bond acceptors (Lipinski definition) is 4. The van der Waals surface area contributed by atoms with E-state index in [0.29, 0.717) is 11.5 Å². The van der Waals surface area contributed by atoms with E-state index in [2.05, 4.69) is 4.74 Å². The fourth-order valence-corrected chi connectivity index (χ4v) is 0.894. The second-order valence-corrected chi connectivity index (χ2v) is 2.53. The maximum atomic E-state index is 10.7. The molecule has 0 amide bonds. The summed E-state index contributed by atoms with van der Waals surface area (Å²) in [5.41, 5.74) is 0. The highest BCUT2D eigenvalue weighted by Crippen LogP contribution is 2.09. The van der Waals surface area contributed by atoms with Crippen molar-refractivity contribution in [3.63, 3.8) is 0 Å². The van der Waals surface area contributed by atoms with E-state index < -0.39 is 5.97 Å². The molecule has 0 N–H and O–H groups in total. The van der Waals surface area contributed by atoms with Crippen LogP contribution < -0.4 is 0 Å². The summed E-state index contributed by atoms with van der Waals surface area (Å²) in [6.45, 7) is 0. The first kappa shape index (κ1) is 10.2. The number of rotatable bonds is 4. The SMILES string of the molecule is COC(=O)/C=C/c1ccc(CC=O)o1. The van der Waals surface area contributed by atoms with Crippen molar-refractivity contribution in [2.24, 2.45) is 0 Å². The van der Waals surface area contributed by atoms with Crippen LogP contribution >= 0.6 is 0 Å². The van der Waals surface area contributed by atoms with Crippen LogP contribution in [-0.2, 0) is 20.7 Å². The van der Waals surface area contributed by atoms with Crippen LogP contribution in [0.5, 0.6) is 0 Å². The Labute approximate surface area is 81.2 Å². The maximum Gasteiger partial charge on any atom is 0.330 e. The van der Waals surface area contributed by atoms with Crippen LogP contribution in [0, 0.1) is 0 Å². The maximum absolute atomic E-state index is 10.7. The molecule has 0 saturated carbocycles. The quantitative estimate of drug-likeness (QED) is 0.410. The molecule has 74 valence electrons. The number of methoxy groups -OCH3 is 1. The lowest BCUT2D eigenvalue weighted by Gasteiger charge is -1.88. The Balaban J connectivity index is 2.63. The highest BCUT2D eigenvalue weighted by Gasteiger charge is 1.98. The number of furan rings is 1. The Kier molecular flexibility index (Phi) is 3.67. The highest BCUT2D eigenvalue weighted by atomic mass is 16.5. The van der Waals surface area contributed by atoms with Gasteiger partial charge in [-0.15, -0.1) is 0 Å². The van der Waals surface area contributed by atoms with E-state index in [-0.39, 0.29) is 6.42 Å². The van der Waals surface area contributed by atoms with Gasteiger partial charge >= 0.3 is 5.97 Å². The lowest BCUT2D eigenvalue weighted by atomic mass is 10.3. The molecule has 0 fully saturated rings. The van der Waals surface area contributed by atoms with Crippen molar-refractivity contribution >= 4 is 18.3 Å². The lowest BCUT2D eigenvalue weighted by molar-refractivity contribution is -0.134. The number of carbonyl (C=O) groups excluding carboxylic acids is 2. The minimum absolute atomic E-state index is 0.242. The van der Waals surface area contributed by atoms with Crippen LogP contribution in [0.2, 0.25) is 0 Å². The highest BCUT2D eigenvalue weighted by molar-refractivity contribution is 5.86. The molecule has 0 aromatic carbocycles. The van der Waals surface area contributed by atoms with E-state index in [9.17, 15) is 9.59 Å². The largest absolute Gasteiger partial charge is 0.466 e. The minimum atomic E-state index is -0.446. The van der Waals surface area contributed by atoms with E-state index in [1.807, 2.05) is 0 Å². The van der Waals surface area contributed by atoms with Crippen molar-refractivity contribution in [2.45, 2.75) is 6.42 Å². The standard InChI is InChI=1S/C10H10O4/c1-13-10(12)5-4-8-2-3-9(14-8)6-7-11/h2-5,7H,6H2,1H3/b5-4+. The van der Waals surface area contributed by atoms with Crippen LogP contribution in [0.15, 0.2) is 22.6 Å². The van der Waals surface area contributed by atoms with Crippen LogP contribution in [0.25, 0.3) is 6.08 Å². The zero-order chi connectivity index (χ0) is 10.4. The molecule has 4 heteroatoms. The average molecular weight is 194 g/mol. The van der Waals surface area contributed by atoms with Gasteiger partial charge in [0.2, 0.25) is 0 Å². The Bertz CT molecular complexity index is 349. The van der Waals surface area contributed by atoms with Crippen molar-refractivity contribution in [1.29, 1.82) is 0 Å². The van der Waals surface area contributed by atoms with E-state index in [4.69, 9.17) is 4.42 Å². The van der Waals surface area contributed by atoms with Gasteiger partial charge in [0.1, 0.15) is 17.8 Å². The summed E-state index contributed by atoms with van der Waals surface area (Å²) in [6, 6.07) is 3.36. The van der Waals surface area contributed by atoms with Crippen LogP contribution in [0.3, 0.4) is 0 Å². The summed E-state index contributed by atoms with van der Waals surface area (Å²) in [6.07, 6.45) is 3.74. The lowest BCUT2D eigenvalue weighted by Crippen LogP contribution is -1.92. The summed E-state index contributed by atoms with van der Waals surface area (Å²) in [5, 5.41) is 0. The first-order valence-electron chi connectivity index (χ1n) is 4.04. The molecular formula is C10H10O4. The van der Waals surface area contributed by atoms with E-state index in [0.717, 1.165) is 6.29 Å². The van der Waals surface area contributed by atoms with Gasteiger partial charge in [-0.2, -0.15) is 0 Å². The molecule has 1 aromatic heterocycles. The van der Waals surface area contributed by atoms with Crippen molar-refractivity contribution in [3.05, 3.63) is 29.7 Å². The van der Waals surface area contributed by atoms with E-state index in [1.165, 1.54) is 19.3 Å². The number of esters is 1. The number of ether oxygens (including phenoxy) is 1. The Morgan fingerprint density at radius 2 is 2.36 bits per heavy atom. The summed E-state index contributed by atoms with van der Waals surface area (Å²) >= 11 is 0. The van der Waals surface area contributed by atoms with Gasteiger partial charge in [-0.1, -0.05) is 0 Å². The molecule has 0 aliphatic carbocycles. The van der Waals surface area contributed by atoms with Crippen molar-refractivity contribution in [1.82, 2.24) is 0 Å². The number of carbonyl (C=O) groups is 2. The topological polar surface area (TPSA) is 56.5 Å². The first-order valence-corrected chi connectivity index (χ1v) is 4.04. The molecule has 0 unspecified atom stereocenters. The minimum Gasteiger partial charge on any atom is -0.466 e. The average Bonchev–Trinajstić information content (AvgIpc) is 2.63. The third-order valence-electron chi connectivity index (χ3n) is 1.55. The Morgan fingerprint density at radius 3 is 3.00 bits per heavy atom. The van der Waals surface area contributed by atoms with Gasteiger partial charge < -0.3 is 13.9 Å². The fourth-order valence-electron chi connectivity index (χ4n) is 0.894. The molecule has 0 aliphatic rings. The van der Waals surface area contributed by atoms with Crippen molar-refractivity contribution in [2.75, 3.05) is 7.11 Å². The molecular weight excluding hydrogens is 184 g/mol. The van der Waals surface area contributed by atoms with Gasteiger partial charge in [0.25, 0.3) is 0 Å². The smallest absolute Gasteiger partial charge is 0.330 e. The van der Waals surface area contributed by atoms with Gasteiger partial charge in [-0.05, 0) is 18.2 Å². The van der Waals surface area contributed by atoms with Gasteiger partial charge in [-0.3, -0.25) is 0 Å². The molecule has 0 spiro atoms. The molecule has 14 heavy (non-hydrogen) atoms. The second-order valence-electron chi connectivity index (χ2n) is 2.53. The predicted octanol–water partition coefficient (Wildman–Crippen LogP) is 1.21. The van der Waals surface area contributed by atoms with Gasteiger partial charge in [0.05, 0.1) is 13.5 Å². The second kappa shape index (κ2) is 5.01. The number of aldehydes is 1. The summed E-state index contributed by atoms with van der Waals surface area (Å²) in [5.74, 6) is 0.648. The zero-order valence-electron chi connectivity index (χ0n) is 7.73. The van der Waals surface area contributed by atoms with Gasteiger partial charge in [0, 0.05) is 6.08 Å². The molecule has 0 saturated heterocycles. The van der Waals surface area contributed by atoms with Gasteiger partial charge in [-0.25, -0.2) is 4.79 Å². The first-order chi connectivity index (χ1) is 6.76. The molecule has 1 rings (SSSR count). The van der Waals surface area contributed by atoms with E-state index >= 15 is 0 Å². The summed E-state index contributed by atoms with van der Waals surface area (Å²) in [4.78, 5) is 20.9. The van der Waals surface area contributed by atoms with Gasteiger partial charge in [0.15, 0.2) is 0 Å². The molecule has 0 radical (unpaired) electrons. The monoisotopic (exact) mass is 194 g/mol. The molecule has 4 nitrogen and oxygen atoms in total. The molecule has 1 heterocycles. The molecule has 0 aliphatic heterocycles. The molecule has 0 bridgehead atoms. The molecule has 1 aromatic rings. The Morgan fingerprint density at radius 1 is 1.57 bits per heavy atom. The third-order valence-corrected chi connectivity index (χ3v) is 1.55. The molecule has 0 atom stereocenters. The van der Waals surface area contributed by atoms with Crippen LogP contribution in [0.1, 0.15) is 11.5 Å². The summed E-state index contributed by atoms with van der Waals surface area (Å²) in [7, 11) is 1.30. The van der Waals surface area contributed by atoms with Crippen LogP contribution in [0.4, 0.5) is 0 Å². The zero-order valence-corrected chi connectivity index (χ0v) is 7.73. The van der Waals surface area contributed by atoms with Crippen molar-refractivity contribution in [3.8, 4) is 0 Å². The summed E-state index contributed by atoms with van der Waals surface area (Å²) < 4.78 is 9.60. The van der Waals surface area contributed by atoms with E-state index in [1.54, 1.807) is 12.1 Å². The van der Waals surface area contributed by atoms with Crippen LogP contribution in [-0.4, -0.2) is 19.4 Å². The van der Waals surface area contributed by atoms with Crippen molar-refractivity contribution < 1.29 is 18.7 Å². The predicted molar refractivity (Wildman–Crippen MR) is 49.5 cm³/mol. The normalized spacial score (nSPS) is 10.4.